The highest BCUT2D eigenvalue weighted by Crippen LogP contribution is 2.32. The minimum absolute atomic E-state index is 0.207. The second kappa shape index (κ2) is 7.85. The summed E-state index contributed by atoms with van der Waals surface area (Å²) >= 11 is 0. The molecule has 0 saturated carbocycles. The van der Waals surface area contributed by atoms with Crippen molar-refractivity contribution in [3.8, 4) is 11.5 Å². The molecule has 0 spiro atoms. The largest absolute Gasteiger partial charge is 0.454 e. The van der Waals surface area contributed by atoms with Crippen molar-refractivity contribution in [3.63, 3.8) is 0 Å². The molecule has 0 atom stereocenters. The summed E-state index contributed by atoms with van der Waals surface area (Å²) in [6, 6.07) is 9.35. The Morgan fingerprint density at radius 2 is 1.96 bits per heavy atom. The van der Waals surface area contributed by atoms with E-state index in [4.69, 9.17) is 9.47 Å². The lowest BCUT2D eigenvalue weighted by Crippen LogP contribution is -2.20. The number of ether oxygens (including phenoxy) is 2. The Morgan fingerprint density at radius 1 is 1.21 bits per heavy atom. The van der Waals surface area contributed by atoms with E-state index in [0.717, 1.165) is 11.6 Å². The topological polar surface area (TPSA) is 120 Å². The fourth-order valence-electron chi connectivity index (χ4n) is 2.62. The minimum atomic E-state index is -4.00. The molecule has 3 rings (SSSR count). The lowest BCUT2D eigenvalue weighted by atomic mass is 10.1. The Labute approximate surface area is 162 Å². The highest BCUT2D eigenvalue weighted by Gasteiger charge is 2.19. The van der Waals surface area contributed by atoms with Crippen molar-refractivity contribution in [1.82, 2.24) is 4.83 Å². The van der Waals surface area contributed by atoms with E-state index in [9.17, 15) is 18.5 Å². The van der Waals surface area contributed by atoms with E-state index >= 15 is 0 Å². The molecule has 148 valence electrons. The van der Waals surface area contributed by atoms with E-state index in [1.165, 1.54) is 12.1 Å². The smallest absolute Gasteiger partial charge is 0.276 e. The van der Waals surface area contributed by atoms with Crippen LogP contribution in [0.5, 0.6) is 11.5 Å². The standard InChI is InChI=1S/C18H19N3O6S/c1-12-3-7-15(10-16(12)21(22)23)28(24,25)20-19-13(2)4-5-14-6-8-17-18(9-14)27-11-26-17/h3,6-10,20H,4-5,11H2,1-2H3/b19-13+. The molecule has 1 aliphatic heterocycles. The Kier molecular flexibility index (Phi) is 5.50. The molecule has 0 aromatic heterocycles. The molecule has 1 aliphatic rings. The fraction of sp³-hybridized carbons (Fsp3) is 0.278. The van der Waals surface area contributed by atoms with Gasteiger partial charge in [-0.25, -0.2) is 4.83 Å². The van der Waals surface area contributed by atoms with Crippen molar-refractivity contribution >= 4 is 21.4 Å². The highest BCUT2D eigenvalue weighted by molar-refractivity contribution is 7.89. The van der Waals surface area contributed by atoms with Crippen molar-refractivity contribution in [2.24, 2.45) is 5.10 Å². The van der Waals surface area contributed by atoms with Crippen LogP contribution in [0.15, 0.2) is 46.4 Å². The van der Waals surface area contributed by atoms with Gasteiger partial charge in [-0.15, -0.1) is 0 Å². The van der Waals surface area contributed by atoms with Crippen LogP contribution < -0.4 is 14.3 Å². The minimum Gasteiger partial charge on any atom is -0.454 e. The monoisotopic (exact) mass is 405 g/mol. The molecule has 0 radical (unpaired) electrons. The number of sulfonamides is 1. The van der Waals surface area contributed by atoms with E-state index in [-0.39, 0.29) is 17.4 Å². The fourth-order valence-corrected chi connectivity index (χ4v) is 3.52. The molecular weight excluding hydrogens is 386 g/mol. The summed E-state index contributed by atoms with van der Waals surface area (Å²) in [5, 5.41) is 14.9. The maximum atomic E-state index is 12.4. The summed E-state index contributed by atoms with van der Waals surface area (Å²) < 4.78 is 35.3. The molecule has 2 aromatic carbocycles. The number of hydrazone groups is 1. The number of aryl methyl sites for hydroxylation is 2. The zero-order chi connectivity index (χ0) is 20.3. The molecule has 2 aromatic rings. The van der Waals surface area contributed by atoms with Crippen molar-refractivity contribution in [1.29, 1.82) is 0 Å². The van der Waals surface area contributed by atoms with Gasteiger partial charge in [0.2, 0.25) is 6.79 Å². The maximum Gasteiger partial charge on any atom is 0.276 e. The molecule has 1 heterocycles. The summed E-state index contributed by atoms with van der Waals surface area (Å²) in [5.74, 6) is 1.39. The molecule has 9 nitrogen and oxygen atoms in total. The lowest BCUT2D eigenvalue weighted by Gasteiger charge is -2.07. The van der Waals surface area contributed by atoms with Crippen LogP contribution in [0.25, 0.3) is 0 Å². The molecule has 0 unspecified atom stereocenters. The molecule has 1 N–H and O–H groups in total. The van der Waals surface area contributed by atoms with Gasteiger partial charge in [0.05, 0.1) is 9.82 Å². The predicted molar refractivity (Wildman–Crippen MR) is 102 cm³/mol. The third kappa shape index (κ3) is 4.39. The first-order valence-electron chi connectivity index (χ1n) is 8.45. The Hall–Kier alpha value is -3.14. The second-order valence-corrected chi connectivity index (χ2v) is 8.00. The van der Waals surface area contributed by atoms with Crippen molar-refractivity contribution in [2.45, 2.75) is 31.6 Å². The molecule has 28 heavy (non-hydrogen) atoms. The average Bonchev–Trinajstić information content (AvgIpc) is 3.12. The van der Waals surface area contributed by atoms with E-state index < -0.39 is 14.9 Å². The van der Waals surface area contributed by atoms with Crippen LogP contribution in [0.4, 0.5) is 5.69 Å². The van der Waals surface area contributed by atoms with Crippen molar-refractivity contribution in [3.05, 3.63) is 57.6 Å². The van der Waals surface area contributed by atoms with Gasteiger partial charge < -0.3 is 9.47 Å². The normalized spacial score (nSPS) is 13.4. The van der Waals surface area contributed by atoms with Crippen LogP contribution in [0.3, 0.4) is 0 Å². The van der Waals surface area contributed by atoms with Gasteiger partial charge in [0.1, 0.15) is 0 Å². The average molecular weight is 405 g/mol. The van der Waals surface area contributed by atoms with Crippen LogP contribution in [0.1, 0.15) is 24.5 Å². The molecular formula is C18H19N3O6S. The van der Waals surface area contributed by atoms with Gasteiger partial charge in [-0.05, 0) is 50.5 Å². The predicted octanol–water partition coefficient (Wildman–Crippen LogP) is 2.92. The van der Waals surface area contributed by atoms with Crippen LogP contribution in [-0.4, -0.2) is 25.8 Å². The van der Waals surface area contributed by atoms with Gasteiger partial charge in [0, 0.05) is 17.3 Å². The summed E-state index contributed by atoms with van der Waals surface area (Å²) in [5.41, 5.74) is 1.71. The highest BCUT2D eigenvalue weighted by atomic mass is 32.2. The second-order valence-electron chi connectivity index (χ2n) is 6.33. The number of rotatable bonds is 7. The van der Waals surface area contributed by atoms with Gasteiger partial charge >= 0.3 is 0 Å². The van der Waals surface area contributed by atoms with Crippen LogP contribution >= 0.6 is 0 Å². The quantitative estimate of drug-likeness (QED) is 0.430. The number of fused-ring (bicyclic) bond motifs is 1. The summed E-state index contributed by atoms with van der Waals surface area (Å²) in [7, 11) is -4.00. The van der Waals surface area contributed by atoms with Crippen molar-refractivity contribution < 1.29 is 22.8 Å². The first-order chi connectivity index (χ1) is 13.3. The zero-order valence-electron chi connectivity index (χ0n) is 15.3. The van der Waals surface area contributed by atoms with Gasteiger partial charge in [-0.3, -0.25) is 10.1 Å². The number of hydrogen-bond acceptors (Lipinski definition) is 7. The molecule has 0 aliphatic carbocycles. The van der Waals surface area contributed by atoms with Gasteiger partial charge in [0.25, 0.3) is 15.7 Å². The molecule has 0 fully saturated rings. The molecule has 0 amide bonds. The van der Waals surface area contributed by atoms with Crippen LogP contribution in [0.2, 0.25) is 0 Å². The molecule has 0 saturated heterocycles. The Morgan fingerprint density at radius 3 is 2.71 bits per heavy atom. The zero-order valence-corrected chi connectivity index (χ0v) is 16.2. The maximum absolute atomic E-state index is 12.4. The number of nitrogens with one attached hydrogen (secondary N) is 1. The summed E-state index contributed by atoms with van der Waals surface area (Å²) in [6.45, 7) is 3.45. The van der Waals surface area contributed by atoms with E-state index in [0.29, 0.717) is 35.6 Å². The number of benzene rings is 2. The third-order valence-corrected chi connectivity index (χ3v) is 5.46. The molecule has 10 heteroatoms. The Bertz CT molecular complexity index is 1050. The number of hydrogen-bond donors (Lipinski definition) is 1. The summed E-state index contributed by atoms with van der Waals surface area (Å²) in [4.78, 5) is 12.3. The van der Waals surface area contributed by atoms with Crippen LogP contribution in [0, 0.1) is 17.0 Å². The lowest BCUT2D eigenvalue weighted by molar-refractivity contribution is -0.385. The Balaban J connectivity index is 1.65. The third-order valence-electron chi connectivity index (χ3n) is 4.26. The number of nitrogens with zero attached hydrogens (tertiary/aromatic N) is 2. The van der Waals surface area contributed by atoms with E-state index in [1.54, 1.807) is 13.8 Å². The SMILES string of the molecule is C/C(CCc1ccc2c(c1)OCO2)=N\NS(=O)(=O)c1ccc(C)c([N+](=O)[O-])c1. The van der Waals surface area contributed by atoms with E-state index in [2.05, 4.69) is 9.93 Å². The van der Waals surface area contributed by atoms with Crippen molar-refractivity contribution in [2.75, 3.05) is 6.79 Å². The van der Waals surface area contributed by atoms with Gasteiger partial charge in [-0.2, -0.15) is 13.5 Å². The van der Waals surface area contributed by atoms with Gasteiger partial charge in [0.15, 0.2) is 11.5 Å². The summed E-state index contributed by atoms with van der Waals surface area (Å²) in [6.07, 6.45) is 1.17. The molecule has 0 bridgehead atoms. The first-order valence-corrected chi connectivity index (χ1v) is 9.93. The first kappa shape index (κ1) is 19.6. The number of nitro groups is 1. The van der Waals surface area contributed by atoms with Crippen LogP contribution in [-0.2, 0) is 16.4 Å². The number of nitro benzene ring substituents is 1. The van der Waals surface area contributed by atoms with Gasteiger partial charge in [-0.1, -0.05) is 12.1 Å². The van der Waals surface area contributed by atoms with E-state index in [1.807, 2.05) is 18.2 Å².